The molecule has 1 aliphatic carbocycles. The fourth-order valence-corrected chi connectivity index (χ4v) is 3.49. The van der Waals surface area contributed by atoms with Crippen molar-refractivity contribution in [1.82, 2.24) is 5.06 Å². The first-order valence-corrected chi connectivity index (χ1v) is 8.02. The monoisotopic (exact) mass is 271 g/mol. The standard InChI is InChI=1S/C18H25NO/c1-2-3-10-15-18(16-11-6-4-7-12-16)19(20-18)17-13-8-5-9-14-17/h2,4,6-7,11-12,17H,1,3,5,8-10,13-15H2/t18-,19?/m0/s1. The minimum Gasteiger partial charge on any atom is -0.266 e. The normalized spacial score (nSPS) is 30.1. The van der Waals surface area contributed by atoms with Crippen LogP contribution in [-0.2, 0) is 10.6 Å². The van der Waals surface area contributed by atoms with Gasteiger partial charge in [0, 0.05) is 11.6 Å². The molecule has 1 heterocycles. The lowest BCUT2D eigenvalue weighted by Crippen LogP contribution is -2.28. The predicted molar refractivity (Wildman–Crippen MR) is 82.0 cm³/mol. The molecule has 108 valence electrons. The third kappa shape index (κ3) is 2.68. The van der Waals surface area contributed by atoms with Gasteiger partial charge in [-0.3, -0.25) is 4.84 Å². The van der Waals surface area contributed by atoms with E-state index in [1.807, 2.05) is 6.08 Å². The molecule has 0 N–H and O–H groups in total. The fraction of sp³-hybridized carbons (Fsp3) is 0.556. The zero-order valence-corrected chi connectivity index (χ0v) is 12.3. The molecule has 2 nitrogen and oxygen atoms in total. The lowest BCUT2D eigenvalue weighted by Gasteiger charge is -2.23. The summed E-state index contributed by atoms with van der Waals surface area (Å²) in [5.41, 5.74) is 1.17. The van der Waals surface area contributed by atoms with Gasteiger partial charge in [-0.1, -0.05) is 55.7 Å². The molecule has 3 rings (SSSR count). The van der Waals surface area contributed by atoms with Crippen LogP contribution in [0.15, 0.2) is 43.0 Å². The molecule has 2 atom stereocenters. The molecule has 0 bridgehead atoms. The van der Waals surface area contributed by atoms with Crippen LogP contribution >= 0.6 is 0 Å². The summed E-state index contributed by atoms with van der Waals surface area (Å²) in [7, 11) is 0. The van der Waals surface area contributed by atoms with Crippen LogP contribution in [0.4, 0.5) is 0 Å². The molecule has 1 saturated carbocycles. The zero-order chi connectivity index (χ0) is 13.8. The molecule has 1 aromatic carbocycles. The van der Waals surface area contributed by atoms with Gasteiger partial charge in [0.15, 0.2) is 5.72 Å². The molecule has 0 aromatic heterocycles. The summed E-state index contributed by atoms with van der Waals surface area (Å²) in [4.78, 5) is 6.18. The van der Waals surface area contributed by atoms with Gasteiger partial charge in [-0.2, -0.15) is 0 Å². The summed E-state index contributed by atoms with van der Waals surface area (Å²) >= 11 is 0. The summed E-state index contributed by atoms with van der Waals surface area (Å²) in [6.45, 7) is 3.83. The SMILES string of the molecule is C=CCCC[C@@]1(c2ccccc2)ON1C1CCCCC1. The first-order valence-electron chi connectivity index (χ1n) is 8.02. The van der Waals surface area contributed by atoms with Crippen LogP contribution in [0.1, 0.15) is 56.9 Å². The van der Waals surface area contributed by atoms with E-state index >= 15 is 0 Å². The van der Waals surface area contributed by atoms with Crippen molar-refractivity contribution < 1.29 is 4.84 Å². The van der Waals surface area contributed by atoms with Gasteiger partial charge in [0.1, 0.15) is 0 Å². The van der Waals surface area contributed by atoms with Gasteiger partial charge in [-0.15, -0.1) is 11.6 Å². The zero-order valence-electron chi connectivity index (χ0n) is 12.3. The average Bonchev–Trinajstić information content (AvgIpc) is 3.25. The Hall–Kier alpha value is -1.12. The summed E-state index contributed by atoms with van der Waals surface area (Å²) in [6.07, 6.45) is 11.9. The van der Waals surface area contributed by atoms with Crippen molar-refractivity contribution in [1.29, 1.82) is 0 Å². The van der Waals surface area contributed by atoms with Crippen molar-refractivity contribution in [3.63, 3.8) is 0 Å². The maximum absolute atomic E-state index is 6.18. The predicted octanol–water partition coefficient (Wildman–Crippen LogP) is 4.78. The minimum atomic E-state index is -0.147. The van der Waals surface area contributed by atoms with E-state index in [1.165, 1.54) is 37.7 Å². The van der Waals surface area contributed by atoms with Crippen molar-refractivity contribution in [3.8, 4) is 0 Å². The van der Waals surface area contributed by atoms with Crippen LogP contribution < -0.4 is 0 Å². The minimum absolute atomic E-state index is 0.147. The van der Waals surface area contributed by atoms with Crippen LogP contribution in [0.2, 0.25) is 0 Å². The first kappa shape index (κ1) is 13.8. The Bertz CT molecular complexity index is 438. The highest BCUT2D eigenvalue weighted by Crippen LogP contribution is 2.52. The molecule has 1 unspecified atom stereocenters. The van der Waals surface area contributed by atoms with Crippen molar-refractivity contribution in [3.05, 3.63) is 48.6 Å². The van der Waals surface area contributed by atoms with E-state index in [2.05, 4.69) is 42.0 Å². The van der Waals surface area contributed by atoms with E-state index in [4.69, 9.17) is 4.84 Å². The second kappa shape index (κ2) is 6.11. The van der Waals surface area contributed by atoms with Crippen molar-refractivity contribution in [2.24, 2.45) is 0 Å². The molecule has 1 aromatic rings. The first-order chi connectivity index (χ1) is 9.87. The van der Waals surface area contributed by atoms with E-state index in [0.29, 0.717) is 6.04 Å². The molecule has 2 fully saturated rings. The number of unbranched alkanes of at least 4 members (excludes halogenated alkanes) is 1. The Morgan fingerprint density at radius 3 is 2.65 bits per heavy atom. The number of hydroxylamine groups is 2. The molecular weight excluding hydrogens is 246 g/mol. The van der Waals surface area contributed by atoms with Crippen LogP contribution in [0.5, 0.6) is 0 Å². The van der Waals surface area contributed by atoms with Crippen LogP contribution in [0.3, 0.4) is 0 Å². The number of nitrogens with zero attached hydrogens (tertiary/aromatic N) is 1. The van der Waals surface area contributed by atoms with Crippen LogP contribution in [0.25, 0.3) is 0 Å². The Morgan fingerprint density at radius 2 is 1.95 bits per heavy atom. The van der Waals surface area contributed by atoms with E-state index in [1.54, 1.807) is 0 Å². The second-order valence-electron chi connectivity index (χ2n) is 6.04. The van der Waals surface area contributed by atoms with E-state index in [9.17, 15) is 0 Å². The molecule has 20 heavy (non-hydrogen) atoms. The van der Waals surface area contributed by atoms with Gasteiger partial charge in [-0.25, -0.2) is 0 Å². The summed E-state index contributed by atoms with van der Waals surface area (Å²) in [5, 5.41) is 2.30. The van der Waals surface area contributed by atoms with Gasteiger partial charge in [0.2, 0.25) is 0 Å². The number of hydrogen-bond acceptors (Lipinski definition) is 2. The molecule has 2 heteroatoms. The quantitative estimate of drug-likeness (QED) is 0.420. The van der Waals surface area contributed by atoms with E-state index < -0.39 is 0 Å². The van der Waals surface area contributed by atoms with Gasteiger partial charge < -0.3 is 0 Å². The highest BCUT2D eigenvalue weighted by Gasteiger charge is 2.58. The maximum atomic E-state index is 6.18. The van der Waals surface area contributed by atoms with E-state index in [0.717, 1.165) is 19.3 Å². The van der Waals surface area contributed by atoms with E-state index in [-0.39, 0.29) is 5.72 Å². The smallest absolute Gasteiger partial charge is 0.190 e. The Kier molecular flexibility index (Phi) is 4.23. The second-order valence-corrected chi connectivity index (χ2v) is 6.04. The third-order valence-electron chi connectivity index (χ3n) is 4.63. The number of allylic oxidation sites excluding steroid dienone is 1. The Morgan fingerprint density at radius 1 is 1.20 bits per heavy atom. The number of rotatable bonds is 6. The third-order valence-corrected chi connectivity index (χ3v) is 4.63. The molecule has 1 saturated heterocycles. The highest BCUT2D eigenvalue weighted by molar-refractivity contribution is 5.25. The van der Waals surface area contributed by atoms with Crippen molar-refractivity contribution in [2.75, 3.05) is 0 Å². The molecule has 0 spiro atoms. The molecule has 0 radical (unpaired) electrons. The van der Waals surface area contributed by atoms with Gasteiger partial charge in [0.25, 0.3) is 0 Å². The largest absolute Gasteiger partial charge is 0.266 e. The molecular formula is C18H25NO. The maximum Gasteiger partial charge on any atom is 0.190 e. The molecule has 1 aliphatic heterocycles. The van der Waals surface area contributed by atoms with Gasteiger partial charge >= 0.3 is 0 Å². The Balaban J connectivity index is 1.74. The van der Waals surface area contributed by atoms with Gasteiger partial charge in [-0.05, 0) is 32.1 Å². The summed E-state index contributed by atoms with van der Waals surface area (Å²) in [6, 6.07) is 11.3. The molecule has 0 amide bonds. The lowest BCUT2D eigenvalue weighted by molar-refractivity contribution is 0.119. The lowest BCUT2D eigenvalue weighted by atomic mass is 9.92. The van der Waals surface area contributed by atoms with Crippen LogP contribution in [-0.4, -0.2) is 11.1 Å². The highest BCUT2D eigenvalue weighted by atomic mass is 16.9. The van der Waals surface area contributed by atoms with Crippen molar-refractivity contribution in [2.45, 2.75) is 63.1 Å². The Labute approximate surface area is 122 Å². The van der Waals surface area contributed by atoms with Crippen molar-refractivity contribution >= 4 is 0 Å². The summed E-state index contributed by atoms with van der Waals surface area (Å²) < 4.78 is 0. The van der Waals surface area contributed by atoms with Crippen LogP contribution in [0, 0.1) is 0 Å². The van der Waals surface area contributed by atoms with Gasteiger partial charge in [0.05, 0.1) is 0 Å². The number of benzene rings is 1. The topological polar surface area (TPSA) is 15.5 Å². The average molecular weight is 271 g/mol. The number of hydrogen-bond donors (Lipinski definition) is 0. The molecule has 2 aliphatic rings. The fourth-order valence-electron chi connectivity index (χ4n) is 3.49. The summed E-state index contributed by atoms with van der Waals surface area (Å²) in [5.74, 6) is 0.